The van der Waals surface area contributed by atoms with E-state index in [1.54, 1.807) is 24.3 Å². The number of nitrogens with one attached hydrogen (secondary N) is 2. The third-order valence-corrected chi connectivity index (χ3v) is 3.60. The Morgan fingerprint density at radius 1 is 1.14 bits per heavy atom. The summed E-state index contributed by atoms with van der Waals surface area (Å²) >= 11 is 0. The summed E-state index contributed by atoms with van der Waals surface area (Å²) < 4.78 is 15.5. The normalized spacial score (nSPS) is 12.0. The first-order valence-electron chi connectivity index (χ1n) is 9.23. The number of amides is 2. The number of anilines is 1. The van der Waals surface area contributed by atoms with E-state index in [1.165, 1.54) is 7.11 Å². The molecular weight excluding hydrogens is 364 g/mol. The molecule has 1 rings (SSSR count). The standard InChI is InChI=1S/C20H30N2O6/c1-6-7-12-27-17(23)14-10-8-9-11-15(14)21-19(25)22-16(18(24)26-5)13-28-20(2,3)4/h8-11,16H,6-7,12-13H2,1-5H3,(H2,21,22,25). The molecule has 1 aromatic carbocycles. The molecule has 0 saturated heterocycles. The number of rotatable bonds is 9. The van der Waals surface area contributed by atoms with Gasteiger partial charge >= 0.3 is 18.0 Å². The number of para-hydroxylation sites is 1. The molecule has 1 atom stereocenters. The lowest BCUT2D eigenvalue weighted by atomic mass is 10.2. The summed E-state index contributed by atoms with van der Waals surface area (Å²) in [6.45, 7) is 7.76. The van der Waals surface area contributed by atoms with Crippen molar-refractivity contribution in [2.75, 3.05) is 25.6 Å². The van der Waals surface area contributed by atoms with Gasteiger partial charge in [-0.3, -0.25) is 0 Å². The molecule has 0 spiro atoms. The molecule has 0 aliphatic rings. The largest absolute Gasteiger partial charge is 0.467 e. The monoisotopic (exact) mass is 394 g/mol. The smallest absolute Gasteiger partial charge is 0.340 e. The van der Waals surface area contributed by atoms with Gasteiger partial charge in [0.25, 0.3) is 0 Å². The van der Waals surface area contributed by atoms with Gasteiger partial charge in [-0.05, 0) is 39.3 Å². The molecule has 0 saturated carbocycles. The molecule has 8 heteroatoms. The van der Waals surface area contributed by atoms with Crippen molar-refractivity contribution < 1.29 is 28.6 Å². The Balaban J connectivity index is 2.79. The van der Waals surface area contributed by atoms with Crippen LogP contribution in [0.4, 0.5) is 10.5 Å². The van der Waals surface area contributed by atoms with Crippen LogP contribution in [0.5, 0.6) is 0 Å². The fourth-order valence-electron chi connectivity index (χ4n) is 2.12. The van der Waals surface area contributed by atoms with E-state index in [2.05, 4.69) is 10.6 Å². The molecule has 0 bridgehead atoms. The molecule has 1 aromatic rings. The van der Waals surface area contributed by atoms with Crippen LogP contribution in [0.2, 0.25) is 0 Å². The molecule has 0 fully saturated rings. The number of carbonyl (C=O) groups excluding carboxylic acids is 3. The number of esters is 2. The highest BCUT2D eigenvalue weighted by atomic mass is 16.5. The summed E-state index contributed by atoms with van der Waals surface area (Å²) in [5, 5.41) is 5.08. The van der Waals surface area contributed by atoms with E-state index in [4.69, 9.17) is 14.2 Å². The SMILES string of the molecule is CCCCOC(=O)c1ccccc1NC(=O)NC(COC(C)(C)C)C(=O)OC. The van der Waals surface area contributed by atoms with Crippen molar-refractivity contribution in [3.8, 4) is 0 Å². The summed E-state index contributed by atoms with van der Waals surface area (Å²) in [5.41, 5.74) is 0.0235. The fourth-order valence-corrected chi connectivity index (χ4v) is 2.12. The van der Waals surface area contributed by atoms with Crippen molar-refractivity contribution in [1.82, 2.24) is 5.32 Å². The van der Waals surface area contributed by atoms with Crippen molar-refractivity contribution in [3.05, 3.63) is 29.8 Å². The van der Waals surface area contributed by atoms with Gasteiger partial charge in [0, 0.05) is 0 Å². The minimum Gasteiger partial charge on any atom is -0.467 e. The average molecular weight is 394 g/mol. The van der Waals surface area contributed by atoms with Gasteiger partial charge in [0.1, 0.15) is 0 Å². The molecule has 1 unspecified atom stereocenters. The number of ether oxygens (including phenoxy) is 3. The van der Waals surface area contributed by atoms with Crippen molar-refractivity contribution in [2.45, 2.75) is 52.2 Å². The van der Waals surface area contributed by atoms with E-state index >= 15 is 0 Å². The lowest BCUT2D eigenvalue weighted by molar-refractivity contribution is -0.145. The van der Waals surface area contributed by atoms with Gasteiger partial charge in [0.05, 0.1) is 37.2 Å². The van der Waals surface area contributed by atoms with Gasteiger partial charge in [0.15, 0.2) is 6.04 Å². The third kappa shape index (κ3) is 8.39. The number of methoxy groups -OCH3 is 1. The number of hydrogen-bond donors (Lipinski definition) is 2. The van der Waals surface area contributed by atoms with Gasteiger partial charge in [-0.1, -0.05) is 25.5 Å². The topological polar surface area (TPSA) is 103 Å². The number of hydrogen-bond acceptors (Lipinski definition) is 6. The quantitative estimate of drug-likeness (QED) is 0.493. The molecule has 8 nitrogen and oxygen atoms in total. The van der Waals surface area contributed by atoms with E-state index in [-0.39, 0.29) is 17.9 Å². The zero-order valence-corrected chi connectivity index (χ0v) is 17.2. The Labute approximate surface area is 165 Å². The Hall–Kier alpha value is -2.61. The first-order valence-corrected chi connectivity index (χ1v) is 9.23. The fraction of sp³-hybridized carbons (Fsp3) is 0.550. The van der Waals surface area contributed by atoms with Crippen LogP contribution >= 0.6 is 0 Å². The molecule has 0 aliphatic carbocycles. The Morgan fingerprint density at radius 3 is 2.43 bits per heavy atom. The van der Waals surface area contributed by atoms with Gasteiger partial charge in [-0.2, -0.15) is 0 Å². The molecule has 2 N–H and O–H groups in total. The van der Waals surface area contributed by atoms with Crippen LogP contribution < -0.4 is 10.6 Å². The highest BCUT2D eigenvalue weighted by Crippen LogP contribution is 2.16. The highest BCUT2D eigenvalue weighted by molar-refractivity contribution is 6.01. The van der Waals surface area contributed by atoms with Crippen molar-refractivity contribution in [1.29, 1.82) is 0 Å². The van der Waals surface area contributed by atoms with Crippen LogP contribution in [0.25, 0.3) is 0 Å². The van der Waals surface area contributed by atoms with E-state index in [0.29, 0.717) is 6.61 Å². The zero-order chi connectivity index (χ0) is 21.2. The number of carbonyl (C=O) groups is 3. The summed E-state index contributed by atoms with van der Waals surface area (Å²) in [7, 11) is 1.23. The number of benzene rings is 1. The molecule has 28 heavy (non-hydrogen) atoms. The van der Waals surface area contributed by atoms with Gasteiger partial charge in [-0.25, -0.2) is 14.4 Å². The lowest BCUT2D eigenvalue weighted by Crippen LogP contribution is -2.47. The van der Waals surface area contributed by atoms with Gasteiger partial charge in [0.2, 0.25) is 0 Å². The van der Waals surface area contributed by atoms with Crippen molar-refractivity contribution >= 4 is 23.7 Å². The zero-order valence-electron chi connectivity index (χ0n) is 17.2. The van der Waals surface area contributed by atoms with Crippen LogP contribution in [0.1, 0.15) is 50.9 Å². The van der Waals surface area contributed by atoms with E-state index in [1.807, 2.05) is 27.7 Å². The second kappa shape index (κ2) is 11.3. The minimum absolute atomic E-state index is 0.0513. The molecule has 2 amide bonds. The average Bonchev–Trinajstić information content (AvgIpc) is 2.64. The first kappa shape index (κ1) is 23.4. The second-order valence-corrected chi connectivity index (χ2v) is 7.13. The Kier molecular flexibility index (Phi) is 9.44. The van der Waals surface area contributed by atoms with Crippen LogP contribution in [-0.2, 0) is 19.0 Å². The Morgan fingerprint density at radius 2 is 1.82 bits per heavy atom. The van der Waals surface area contributed by atoms with Crippen molar-refractivity contribution in [3.63, 3.8) is 0 Å². The van der Waals surface area contributed by atoms with Crippen LogP contribution in [0, 0.1) is 0 Å². The maximum absolute atomic E-state index is 12.4. The lowest BCUT2D eigenvalue weighted by Gasteiger charge is -2.24. The van der Waals surface area contributed by atoms with Crippen LogP contribution in [0.3, 0.4) is 0 Å². The van der Waals surface area contributed by atoms with E-state index < -0.39 is 29.6 Å². The predicted molar refractivity (Wildman–Crippen MR) is 105 cm³/mol. The predicted octanol–water partition coefficient (Wildman–Crippen LogP) is 3.12. The molecule has 0 heterocycles. The third-order valence-electron chi connectivity index (χ3n) is 3.60. The van der Waals surface area contributed by atoms with Crippen LogP contribution in [-0.4, -0.2) is 49.9 Å². The number of urea groups is 1. The maximum atomic E-state index is 12.4. The molecule has 0 aliphatic heterocycles. The molecule has 0 radical (unpaired) electrons. The highest BCUT2D eigenvalue weighted by Gasteiger charge is 2.25. The first-order chi connectivity index (χ1) is 13.2. The maximum Gasteiger partial charge on any atom is 0.340 e. The minimum atomic E-state index is -0.993. The van der Waals surface area contributed by atoms with Gasteiger partial charge in [-0.15, -0.1) is 0 Å². The summed E-state index contributed by atoms with van der Waals surface area (Å²) in [4.78, 5) is 36.5. The molecular formula is C20H30N2O6. The molecule has 0 aromatic heterocycles. The summed E-state index contributed by atoms with van der Waals surface area (Å²) in [5.74, 6) is -1.16. The Bertz CT molecular complexity index is 669. The van der Waals surface area contributed by atoms with Crippen molar-refractivity contribution in [2.24, 2.45) is 0 Å². The molecule has 156 valence electrons. The van der Waals surface area contributed by atoms with E-state index in [0.717, 1.165) is 12.8 Å². The summed E-state index contributed by atoms with van der Waals surface area (Å²) in [6.07, 6.45) is 1.66. The number of unbranched alkanes of at least 4 members (excludes halogenated alkanes) is 1. The second-order valence-electron chi connectivity index (χ2n) is 7.13. The summed E-state index contributed by atoms with van der Waals surface area (Å²) in [6, 6.07) is 4.83. The van der Waals surface area contributed by atoms with Gasteiger partial charge < -0.3 is 24.8 Å². The van der Waals surface area contributed by atoms with E-state index in [9.17, 15) is 14.4 Å². The van der Waals surface area contributed by atoms with Crippen LogP contribution in [0.15, 0.2) is 24.3 Å².